The summed E-state index contributed by atoms with van der Waals surface area (Å²) in [6.45, 7) is 2.00. The number of hydrogen-bond acceptors (Lipinski definition) is 1. The highest BCUT2D eigenvalue weighted by Crippen LogP contribution is 2.34. The zero-order valence-electron chi connectivity index (χ0n) is 4.07. The lowest BCUT2D eigenvalue weighted by Crippen LogP contribution is -2.05. The maximum Gasteiger partial charge on any atom is 0.0336 e. The first-order chi connectivity index (χ1) is 2.80. The predicted molar refractivity (Wildman–Crippen MR) is 25.8 cm³/mol. The lowest BCUT2D eigenvalue weighted by molar-refractivity contribution is 0.816. The molecule has 0 atom stereocenters. The Bertz CT molecular complexity index is 45.9. The third kappa shape index (κ3) is 0.716. The maximum absolute atomic E-state index is 5.41. The van der Waals surface area contributed by atoms with Gasteiger partial charge in [-0.3, -0.25) is 0 Å². The minimum atomic E-state index is 0.796. The van der Waals surface area contributed by atoms with Gasteiger partial charge in [0, 0.05) is 6.04 Å². The molecule has 0 aromatic rings. The molecule has 0 aromatic carbocycles. The first kappa shape index (κ1) is 4.13. The molecule has 1 saturated carbocycles. The predicted octanol–water partition coefficient (Wildman–Crippen LogP) is 0.907. The van der Waals surface area contributed by atoms with Crippen LogP contribution in [-0.4, -0.2) is 0 Å². The maximum atomic E-state index is 5.41. The van der Waals surface area contributed by atoms with E-state index in [0.29, 0.717) is 0 Å². The van der Waals surface area contributed by atoms with Crippen molar-refractivity contribution < 1.29 is 0 Å². The number of rotatable bonds is 1. The van der Waals surface area contributed by atoms with Crippen molar-refractivity contribution in [3.8, 4) is 0 Å². The van der Waals surface area contributed by atoms with Gasteiger partial charge in [0.1, 0.15) is 0 Å². The Balaban J connectivity index is 2.13. The minimum absolute atomic E-state index is 0.796. The normalized spacial score (nSPS) is 22.5. The van der Waals surface area contributed by atoms with Crippen LogP contribution in [0.15, 0.2) is 0 Å². The van der Waals surface area contributed by atoms with E-state index < -0.39 is 0 Å². The van der Waals surface area contributed by atoms with Gasteiger partial charge >= 0.3 is 0 Å². The van der Waals surface area contributed by atoms with Gasteiger partial charge in [0.05, 0.1) is 0 Å². The third-order valence-electron chi connectivity index (χ3n) is 1.22. The summed E-state index contributed by atoms with van der Waals surface area (Å²) in [4.78, 5) is 0. The molecule has 1 rings (SSSR count). The van der Waals surface area contributed by atoms with Crippen LogP contribution in [0, 0.1) is 12.0 Å². The Morgan fingerprint density at radius 2 is 2.17 bits per heavy atom. The molecule has 1 fully saturated rings. The second kappa shape index (κ2) is 1.23. The summed E-state index contributed by atoms with van der Waals surface area (Å²) in [7, 11) is 0. The molecule has 0 amide bonds. The van der Waals surface area contributed by atoms with Crippen LogP contribution >= 0.6 is 0 Å². The summed E-state index contributed by atoms with van der Waals surface area (Å²) in [6, 6.07) is 1.12. The number of nitrogens with two attached hydrogens (primary N) is 1. The van der Waals surface area contributed by atoms with E-state index in [1.54, 1.807) is 0 Å². The fourth-order valence-electron chi connectivity index (χ4n) is 0.539. The summed E-state index contributed by atoms with van der Waals surface area (Å²) in [6.07, 6.45) is 2.67. The van der Waals surface area contributed by atoms with Crippen LogP contribution in [-0.2, 0) is 0 Å². The van der Waals surface area contributed by atoms with Gasteiger partial charge in [-0.2, -0.15) is 0 Å². The lowest BCUT2D eigenvalue weighted by Gasteiger charge is -1.93. The van der Waals surface area contributed by atoms with E-state index in [0.717, 1.165) is 12.0 Å². The van der Waals surface area contributed by atoms with E-state index in [9.17, 15) is 0 Å². The Kier molecular flexibility index (Phi) is 0.845. The van der Waals surface area contributed by atoms with Crippen molar-refractivity contribution in [2.45, 2.75) is 19.8 Å². The molecule has 1 heteroatoms. The van der Waals surface area contributed by atoms with Gasteiger partial charge < -0.3 is 5.73 Å². The quantitative estimate of drug-likeness (QED) is 0.502. The molecule has 2 N–H and O–H groups in total. The smallest absolute Gasteiger partial charge is 0.0336 e. The molecule has 6 heavy (non-hydrogen) atoms. The van der Waals surface area contributed by atoms with E-state index >= 15 is 0 Å². The summed E-state index contributed by atoms with van der Waals surface area (Å²) in [5.74, 6) is 0.796. The SMILES string of the molecule is C[C](N)C1CC1. The van der Waals surface area contributed by atoms with E-state index in [4.69, 9.17) is 5.73 Å². The first-order valence-electron chi connectivity index (χ1n) is 2.39. The van der Waals surface area contributed by atoms with E-state index in [1.807, 2.05) is 6.92 Å². The molecule has 1 aliphatic rings. The fraction of sp³-hybridized carbons (Fsp3) is 0.800. The molecule has 0 saturated heterocycles. The van der Waals surface area contributed by atoms with Crippen molar-refractivity contribution in [2.24, 2.45) is 11.7 Å². The van der Waals surface area contributed by atoms with Crippen LogP contribution in [0.3, 0.4) is 0 Å². The molecule has 1 nitrogen and oxygen atoms in total. The third-order valence-corrected chi connectivity index (χ3v) is 1.22. The second-order valence-electron chi connectivity index (χ2n) is 2.02. The van der Waals surface area contributed by atoms with Gasteiger partial charge in [0.2, 0.25) is 0 Å². The molecule has 1 aliphatic carbocycles. The Morgan fingerprint density at radius 1 is 1.67 bits per heavy atom. The average Bonchev–Trinajstić information content (AvgIpc) is 2.06. The van der Waals surface area contributed by atoms with Gasteiger partial charge in [-0.05, 0) is 25.7 Å². The van der Waals surface area contributed by atoms with Gasteiger partial charge in [-0.15, -0.1) is 0 Å². The second-order valence-corrected chi connectivity index (χ2v) is 2.02. The molecule has 0 bridgehead atoms. The highest BCUT2D eigenvalue weighted by molar-refractivity contribution is 4.94. The topological polar surface area (TPSA) is 26.0 Å². The van der Waals surface area contributed by atoms with Gasteiger partial charge in [-0.25, -0.2) is 0 Å². The van der Waals surface area contributed by atoms with E-state index in [-0.39, 0.29) is 0 Å². The van der Waals surface area contributed by atoms with Crippen molar-refractivity contribution in [1.29, 1.82) is 0 Å². The van der Waals surface area contributed by atoms with Crippen LogP contribution in [0.25, 0.3) is 0 Å². The highest BCUT2D eigenvalue weighted by atomic mass is 14.7. The Morgan fingerprint density at radius 3 is 2.17 bits per heavy atom. The van der Waals surface area contributed by atoms with Crippen LogP contribution < -0.4 is 5.73 Å². The monoisotopic (exact) mass is 84.1 g/mol. The highest BCUT2D eigenvalue weighted by Gasteiger charge is 2.25. The zero-order chi connectivity index (χ0) is 4.57. The van der Waals surface area contributed by atoms with Crippen molar-refractivity contribution in [1.82, 2.24) is 0 Å². The summed E-state index contributed by atoms with van der Waals surface area (Å²) in [5, 5.41) is 0. The molecular formula is C5H10N. The van der Waals surface area contributed by atoms with Gasteiger partial charge in [0.15, 0.2) is 0 Å². The molecular weight excluding hydrogens is 74.1 g/mol. The summed E-state index contributed by atoms with van der Waals surface area (Å²) in [5.41, 5.74) is 5.41. The molecule has 0 spiro atoms. The van der Waals surface area contributed by atoms with Crippen LogP contribution in [0.2, 0.25) is 0 Å². The lowest BCUT2D eigenvalue weighted by atomic mass is 10.2. The largest absolute Gasteiger partial charge is 0.324 e. The molecule has 35 valence electrons. The van der Waals surface area contributed by atoms with Gasteiger partial charge in [0.25, 0.3) is 0 Å². The van der Waals surface area contributed by atoms with E-state index in [1.165, 1.54) is 12.8 Å². The van der Waals surface area contributed by atoms with E-state index in [2.05, 4.69) is 0 Å². The zero-order valence-corrected chi connectivity index (χ0v) is 4.07. The minimum Gasteiger partial charge on any atom is -0.324 e. The van der Waals surface area contributed by atoms with Crippen LogP contribution in [0.1, 0.15) is 19.8 Å². The van der Waals surface area contributed by atoms with Crippen molar-refractivity contribution in [3.05, 3.63) is 6.04 Å². The summed E-state index contributed by atoms with van der Waals surface area (Å²) >= 11 is 0. The number of hydrogen-bond donors (Lipinski definition) is 1. The fourth-order valence-corrected chi connectivity index (χ4v) is 0.539. The molecule has 0 unspecified atom stereocenters. The van der Waals surface area contributed by atoms with Crippen LogP contribution in [0.5, 0.6) is 0 Å². The van der Waals surface area contributed by atoms with Crippen molar-refractivity contribution in [3.63, 3.8) is 0 Å². The standard InChI is InChI=1S/C5H10N/c1-4(6)5-2-3-5/h5H,2-3,6H2,1H3. The van der Waals surface area contributed by atoms with Crippen molar-refractivity contribution >= 4 is 0 Å². The molecule has 0 aromatic heterocycles. The van der Waals surface area contributed by atoms with Crippen LogP contribution in [0.4, 0.5) is 0 Å². The molecule has 0 aliphatic heterocycles. The molecule has 0 heterocycles. The summed E-state index contributed by atoms with van der Waals surface area (Å²) < 4.78 is 0. The average molecular weight is 84.1 g/mol. The Labute approximate surface area is 38.5 Å². The first-order valence-corrected chi connectivity index (χ1v) is 2.39. The molecule has 1 radical (unpaired) electrons. The van der Waals surface area contributed by atoms with Crippen molar-refractivity contribution in [2.75, 3.05) is 0 Å². The Hall–Kier alpha value is -0.0400. The van der Waals surface area contributed by atoms with Gasteiger partial charge in [-0.1, -0.05) is 0 Å².